The average molecular weight is 343 g/mol. The third kappa shape index (κ3) is 3.21. The molecule has 0 amide bonds. The minimum absolute atomic E-state index is 0.273. The average Bonchev–Trinajstić information content (AvgIpc) is 3.30. The van der Waals surface area contributed by atoms with E-state index in [4.69, 9.17) is 9.47 Å². The van der Waals surface area contributed by atoms with Crippen LogP contribution in [0.25, 0.3) is 0 Å². The van der Waals surface area contributed by atoms with E-state index >= 15 is 0 Å². The molecule has 0 bridgehead atoms. The van der Waals surface area contributed by atoms with E-state index in [1.165, 1.54) is 12.8 Å². The lowest BCUT2D eigenvalue weighted by molar-refractivity contribution is 0.0927. The lowest BCUT2D eigenvalue weighted by Gasteiger charge is -2.35. The van der Waals surface area contributed by atoms with Gasteiger partial charge in [0.25, 0.3) is 0 Å². The van der Waals surface area contributed by atoms with Crippen LogP contribution in [-0.4, -0.2) is 55.5 Å². The largest absolute Gasteiger partial charge is 0.480 e. The summed E-state index contributed by atoms with van der Waals surface area (Å²) in [4.78, 5) is 11.1. The number of halogens is 1. The number of hydrogen-bond donors (Lipinski definition) is 1. The van der Waals surface area contributed by atoms with Gasteiger partial charge in [-0.2, -0.15) is 4.98 Å². The fraction of sp³-hybridized carbons (Fsp3) is 0.692. The van der Waals surface area contributed by atoms with Gasteiger partial charge < -0.3 is 19.7 Å². The number of morpholine rings is 1. The monoisotopic (exact) mass is 342 g/mol. The number of nitrogens with one attached hydrogen (secondary N) is 1. The zero-order valence-electron chi connectivity index (χ0n) is 11.5. The number of rotatable bonds is 5. The van der Waals surface area contributed by atoms with Crippen molar-refractivity contribution in [3.8, 4) is 5.88 Å². The van der Waals surface area contributed by atoms with Gasteiger partial charge in [0.2, 0.25) is 11.8 Å². The van der Waals surface area contributed by atoms with Gasteiger partial charge in [-0.3, -0.25) is 0 Å². The number of methoxy groups -OCH3 is 1. The van der Waals surface area contributed by atoms with Crippen LogP contribution in [0.2, 0.25) is 0 Å². The van der Waals surface area contributed by atoms with Crippen molar-refractivity contribution < 1.29 is 9.47 Å². The molecule has 7 heteroatoms. The van der Waals surface area contributed by atoms with Crippen molar-refractivity contribution in [3.63, 3.8) is 0 Å². The highest BCUT2D eigenvalue weighted by atomic mass is 79.9. The Morgan fingerprint density at radius 3 is 3.15 bits per heavy atom. The molecule has 3 rings (SSSR count). The summed E-state index contributed by atoms with van der Waals surface area (Å²) in [5, 5.41) is 3.55. The molecule has 20 heavy (non-hydrogen) atoms. The Morgan fingerprint density at radius 1 is 1.55 bits per heavy atom. The zero-order valence-corrected chi connectivity index (χ0v) is 13.1. The molecule has 1 saturated heterocycles. The van der Waals surface area contributed by atoms with Gasteiger partial charge >= 0.3 is 0 Å². The quantitative estimate of drug-likeness (QED) is 0.867. The van der Waals surface area contributed by atoms with Crippen LogP contribution in [0.5, 0.6) is 5.88 Å². The summed E-state index contributed by atoms with van der Waals surface area (Å²) in [5.41, 5.74) is 0. The Bertz CT molecular complexity index is 470. The maximum atomic E-state index is 5.59. The van der Waals surface area contributed by atoms with Crippen molar-refractivity contribution in [1.82, 2.24) is 15.3 Å². The van der Waals surface area contributed by atoms with E-state index in [1.54, 1.807) is 13.3 Å². The second-order valence-corrected chi connectivity index (χ2v) is 5.99. The van der Waals surface area contributed by atoms with E-state index in [9.17, 15) is 0 Å². The van der Waals surface area contributed by atoms with Crippen molar-refractivity contribution in [2.24, 2.45) is 0 Å². The fourth-order valence-corrected chi connectivity index (χ4v) is 2.65. The van der Waals surface area contributed by atoms with Crippen LogP contribution >= 0.6 is 15.9 Å². The molecule has 1 atom stereocenters. The number of anilines is 1. The molecule has 1 aliphatic heterocycles. The standard InChI is InChI=1S/C13H19BrN4O2/c1-19-12-11(14)7-16-13(17-12)18-4-5-20-8-10(18)6-15-9-2-3-9/h7,9-10,15H,2-6,8H2,1H3. The van der Waals surface area contributed by atoms with E-state index in [0.29, 0.717) is 31.1 Å². The molecule has 1 unspecified atom stereocenters. The first-order valence-electron chi connectivity index (χ1n) is 6.92. The maximum absolute atomic E-state index is 5.59. The van der Waals surface area contributed by atoms with Crippen molar-refractivity contribution in [3.05, 3.63) is 10.7 Å². The molecule has 1 aliphatic carbocycles. The summed E-state index contributed by atoms with van der Waals surface area (Å²) < 4.78 is 11.6. The number of nitrogens with zero attached hydrogens (tertiary/aromatic N) is 3. The summed E-state index contributed by atoms with van der Waals surface area (Å²) in [6.07, 6.45) is 4.31. The van der Waals surface area contributed by atoms with E-state index < -0.39 is 0 Å². The van der Waals surface area contributed by atoms with Crippen molar-refractivity contribution >= 4 is 21.9 Å². The molecule has 110 valence electrons. The third-order valence-corrected chi connectivity index (χ3v) is 4.14. The Kier molecular flexibility index (Phi) is 4.38. The molecule has 0 spiro atoms. The van der Waals surface area contributed by atoms with Gasteiger partial charge in [0.15, 0.2) is 0 Å². The first kappa shape index (κ1) is 14.0. The molecule has 2 aliphatic rings. The second kappa shape index (κ2) is 6.24. The van der Waals surface area contributed by atoms with Crippen LogP contribution in [0.4, 0.5) is 5.95 Å². The van der Waals surface area contributed by atoms with E-state index in [1.807, 2.05) is 0 Å². The highest BCUT2D eigenvalue weighted by molar-refractivity contribution is 9.10. The van der Waals surface area contributed by atoms with Crippen LogP contribution in [0.15, 0.2) is 10.7 Å². The number of ether oxygens (including phenoxy) is 2. The van der Waals surface area contributed by atoms with Crippen LogP contribution in [0.1, 0.15) is 12.8 Å². The number of aromatic nitrogens is 2. The van der Waals surface area contributed by atoms with Crippen LogP contribution < -0.4 is 15.0 Å². The summed E-state index contributed by atoms with van der Waals surface area (Å²) in [6.45, 7) is 3.14. The topological polar surface area (TPSA) is 59.5 Å². The number of hydrogen-bond acceptors (Lipinski definition) is 6. The Morgan fingerprint density at radius 2 is 2.40 bits per heavy atom. The second-order valence-electron chi connectivity index (χ2n) is 5.13. The van der Waals surface area contributed by atoms with E-state index in [0.717, 1.165) is 17.6 Å². The predicted octanol–water partition coefficient (Wildman–Crippen LogP) is 1.20. The molecule has 6 nitrogen and oxygen atoms in total. The lowest BCUT2D eigenvalue weighted by atomic mass is 10.2. The van der Waals surface area contributed by atoms with Gasteiger partial charge in [0.05, 0.1) is 37.0 Å². The summed E-state index contributed by atoms with van der Waals surface area (Å²) in [5.74, 6) is 1.27. The van der Waals surface area contributed by atoms with Crippen molar-refractivity contribution in [2.45, 2.75) is 24.9 Å². The smallest absolute Gasteiger partial charge is 0.232 e. The van der Waals surface area contributed by atoms with Gasteiger partial charge in [-0.25, -0.2) is 4.98 Å². The van der Waals surface area contributed by atoms with Crippen LogP contribution in [0, 0.1) is 0 Å². The molecule has 1 aromatic rings. The molecule has 1 N–H and O–H groups in total. The zero-order chi connectivity index (χ0) is 13.9. The van der Waals surface area contributed by atoms with Gasteiger partial charge in [-0.15, -0.1) is 0 Å². The maximum Gasteiger partial charge on any atom is 0.232 e. The Balaban J connectivity index is 1.73. The first-order valence-corrected chi connectivity index (χ1v) is 7.71. The van der Waals surface area contributed by atoms with Crippen molar-refractivity contribution in [1.29, 1.82) is 0 Å². The molecular weight excluding hydrogens is 324 g/mol. The molecule has 1 saturated carbocycles. The van der Waals surface area contributed by atoms with Gasteiger partial charge in [-0.1, -0.05) is 0 Å². The Labute approximate surface area is 127 Å². The summed E-state index contributed by atoms with van der Waals surface area (Å²) >= 11 is 3.38. The summed E-state index contributed by atoms with van der Waals surface area (Å²) in [6, 6.07) is 0.967. The highest BCUT2D eigenvalue weighted by Gasteiger charge is 2.28. The molecule has 0 aromatic carbocycles. The minimum atomic E-state index is 0.273. The highest BCUT2D eigenvalue weighted by Crippen LogP contribution is 2.25. The van der Waals surface area contributed by atoms with E-state index in [-0.39, 0.29) is 6.04 Å². The molecule has 0 radical (unpaired) electrons. The van der Waals surface area contributed by atoms with Gasteiger partial charge in [-0.05, 0) is 28.8 Å². The van der Waals surface area contributed by atoms with Crippen molar-refractivity contribution in [2.75, 3.05) is 38.3 Å². The van der Waals surface area contributed by atoms with E-state index in [2.05, 4.69) is 36.1 Å². The summed E-state index contributed by atoms with van der Waals surface area (Å²) in [7, 11) is 1.61. The normalized spacial score (nSPS) is 22.9. The lowest BCUT2D eigenvalue weighted by Crippen LogP contribution is -2.51. The first-order chi connectivity index (χ1) is 9.78. The third-order valence-electron chi connectivity index (χ3n) is 3.60. The molecule has 2 fully saturated rings. The predicted molar refractivity (Wildman–Crippen MR) is 79.3 cm³/mol. The molecule has 2 heterocycles. The van der Waals surface area contributed by atoms with Crippen LogP contribution in [0.3, 0.4) is 0 Å². The molecule has 1 aromatic heterocycles. The van der Waals surface area contributed by atoms with Gasteiger partial charge in [0, 0.05) is 19.1 Å². The SMILES string of the molecule is COc1nc(N2CCOCC2CNC2CC2)ncc1Br. The Hall–Kier alpha value is -0.920. The molecular formula is C13H19BrN4O2. The minimum Gasteiger partial charge on any atom is -0.480 e. The van der Waals surface area contributed by atoms with Crippen LogP contribution in [-0.2, 0) is 4.74 Å². The fourth-order valence-electron chi connectivity index (χ4n) is 2.30. The van der Waals surface area contributed by atoms with Gasteiger partial charge in [0.1, 0.15) is 0 Å².